The summed E-state index contributed by atoms with van der Waals surface area (Å²) in [6.07, 6.45) is 0.469. The predicted molar refractivity (Wildman–Crippen MR) is 113 cm³/mol. The SMILES string of the molecule is [C-]#[N+]/C(C#N)=C1\NC(C)(c2cccc(OC)c2)CC(c2cccc(OC)c2)=C1C#N. The van der Waals surface area contributed by atoms with Crippen molar-refractivity contribution in [3.8, 4) is 23.6 Å². The fraction of sp³-hybridized carbons (Fsp3) is 0.208. The maximum atomic E-state index is 9.94. The first-order valence-corrected chi connectivity index (χ1v) is 9.22. The van der Waals surface area contributed by atoms with Crippen molar-refractivity contribution in [1.29, 1.82) is 10.5 Å². The Hall–Kier alpha value is -4.21. The molecule has 0 bridgehead atoms. The van der Waals surface area contributed by atoms with Gasteiger partial charge in [-0.15, -0.1) is 0 Å². The molecule has 1 heterocycles. The van der Waals surface area contributed by atoms with Crippen molar-refractivity contribution in [3.63, 3.8) is 0 Å². The molecule has 0 fully saturated rings. The van der Waals surface area contributed by atoms with E-state index in [0.29, 0.717) is 17.9 Å². The smallest absolute Gasteiger partial charge is 0.285 e. The second-order valence-electron chi connectivity index (χ2n) is 7.01. The van der Waals surface area contributed by atoms with Crippen LogP contribution >= 0.6 is 0 Å². The van der Waals surface area contributed by atoms with Gasteiger partial charge in [0.05, 0.1) is 43.7 Å². The van der Waals surface area contributed by atoms with Crippen LogP contribution in [0.15, 0.2) is 65.5 Å². The minimum atomic E-state index is -0.671. The van der Waals surface area contributed by atoms with Gasteiger partial charge in [-0.3, -0.25) is 0 Å². The highest BCUT2D eigenvalue weighted by Crippen LogP contribution is 2.43. The minimum absolute atomic E-state index is 0.152. The van der Waals surface area contributed by atoms with E-state index >= 15 is 0 Å². The molecule has 1 unspecified atom stereocenters. The van der Waals surface area contributed by atoms with Crippen LogP contribution < -0.4 is 14.8 Å². The molecule has 0 aromatic heterocycles. The number of benzene rings is 2. The lowest BCUT2D eigenvalue weighted by atomic mass is 9.77. The summed E-state index contributed by atoms with van der Waals surface area (Å²) in [7, 11) is 3.18. The van der Waals surface area contributed by atoms with Crippen LogP contribution in [-0.4, -0.2) is 14.2 Å². The van der Waals surface area contributed by atoms with E-state index in [-0.39, 0.29) is 17.0 Å². The molecule has 0 amide bonds. The van der Waals surface area contributed by atoms with Crippen molar-refractivity contribution < 1.29 is 9.47 Å². The Morgan fingerprint density at radius 2 is 1.77 bits per heavy atom. The fourth-order valence-corrected chi connectivity index (χ4v) is 3.61. The number of ether oxygens (including phenoxy) is 2. The van der Waals surface area contributed by atoms with E-state index in [9.17, 15) is 10.5 Å². The van der Waals surface area contributed by atoms with Crippen LogP contribution in [0.5, 0.6) is 11.5 Å². The van der Waals surface area contributed by atoms with Crippen LogP contribution in [0.4, 0.5) is 0 Å². The molecule has 6 nitrogen and oxygen atoms in total. The third-order valence-electron chi connectivity index (χ3n) is 5.17. The zero-order chi connectivity index (χ0) is 21.7. The fourth-order valence-electron chi connectivity index (χ4n) is 3.61. The number of nitrogens with zero attached hydrogens (tertiary/aromatic N) is 3. The Labute approximate surface area is 176 Å². The predicted octanol–water partition coefficient (Wildman–Crippen LogP) is 4.54. The molecule has 1 N–H and O–H groups in total. The molecule has 2 aromatic carbocycles. The van der Waals surface area contributed by atoms with Crippen LogP contribution in [0.3, 0.4) is 0 Å². The van der Waals surface area contributed by atoms with Gasteiger partial charge in [0.1, 0.15) is 17.6 Å². The Bertz CT molecular complexity index is 1160. The van der Waals surface area contributed by atoms with Gasteiger partial charge in [0.2, 0.25) is 0 Å². The zero-order valence-electron chi connectivity index (χ0n) is 17.0. The van der Waals surface area contributed by atoms with Crippen molar-refractivity contribution in [2.24, 2.45) is 0 Å². The second-order valence-corrected chi connectivity index (χ2v) is 7.01. The highest BCUT2D eigenvalue weighted by molar-refractivity contribution is 5.80. The van der Waals surface area contributed by atoms with E-state index in [1.54, 1.807) is 14.2 Å². The molecule has 30 heavy (non-hydrogen) atoms. The van der Waals surface area contributed by atoms with Gasteiger partial charge in [-0.05, 0) is 47.9 Å². The summed E-state index contributed by atoms with van der Waals surface area (Å²) < 4.78 is 10.7. The molecule has 1 atom stereocenters. The normalized spacial score (nSPS) is 19.6. The quantitative estimate of drug-likeness (QED) is 0.606. The maximum absolute atomic E-state index is 9.94. The molecule has 1 aliphatic rings. The molecule has 0 aliphatic carbocycles. The highest BCUT2D eigenvalue weighted by Gasteiger charge is 2.37. The molecule has 0 radical (unpaired) electrons. The molecule has 0 saturated carbocycles. The van der Waals surface area contributed by atoms with Gasteiger partial charge in [0, 0.05) is 6.42 Å². The van der Waals surface area contributed by atoms with Gasteiger partial charge in [-0.1, -0.05) is 24.3 Å². The van der Waals surface area contributed by atoms with Crippen LogP contribution in [0, 0.1) is 29.2 Å². The Morgan fingerprint density at radius 1 is 1.10 bits per heavy atom. The standard InChI is InChI=1S/C24H20N4O2/c1-24(17-8-6-10-19(12-17)30-4)13-20(16-7-5-9-18(11-16)29-3)21(14-25)23(28-24)22(15-26)27-2/h5-12,28H,13H2,1,3-4H3/b23-22-. The molecular weight excluding hydrogens is 376 g/mol. The summed E-state index contributed by atoms with van der Waals surface area (Å²) in [5.74, 6) is 1.36. The molecule has 0 saturated heterocycles. The molecule has 148 valence electrons. The van der Waals surface area contributed by atoms with E-state index in [1.807, 2.05) is 61.5 Å². The number of hydrogen-bond donors (Lipinski definition) is 1. The number of hydrogen-bond acceptors (Lipinski definition) is 5. The summed E-state index contributed by atoms with van der Waals surface area (Å²) in [6.45, 7) is 9.41. The summed E-state index contributed by atoms with van der Waals surface area (Å²) in [5, 5.41) is 22.8. The van der Waals surface area contributed by atoms with Crippen LogP contribution in [0.2, 0.25) is 0 Å². The van der Waals surface area contributed by atoms with Gasteiger partial charge >= 0.3 is 0 Å². The molecule has 1 aliphatic heterocycles. The summed E-state index contributed by atoms with van der Waals surface area (Å²) in [5.41, 5.74) is 2.17. The van der Waals surface area contributed by atoms with E-state index in [4.69, 9.17) is 16.0 Å². The number of methoxy groups -OCH3 is 2. The lowest BCUT2D eigenvalue weighted by Crippen LogP contribution is -2.43. The first kappa shape index (κ1) is 20.5. The second kappa shape index (κ2) is 8.43. The number of nitrogens with one attached hydrogen (secondary N) is 1. The molecule has 0 spiro atoms. The number of rotatable bonds is 4. The molecular formula is C24H20N4O2. The van der Waals surface area contributed by atoms with Crippen molar-refractivity contribution in [2.75, 3.05) is 14.2 Å². The average molecular weight is 396 g/mol. The lowest BCUT2D eigenvalue weighted by Gasteiger charge is -2.39. The van der Waals surface area contributed by atoms with Crippen molar-refractivity contribution in [2.45, 2.75) is 18.9 Å². The van der Waals surface area contributed by atoms with Crippen molar-refractivity contribution >= 4 is 5.57 Å². The first-order valence-electron chi connectivity index (χ1n) is 9.22. The monoisotopic (exact) mass is 396 g/mol. The van der Waals surface area contributed by atoms with Gasteiger partial charge in [-0.2, -0.15) is 5.26 Å². The van der Waals surface area contributed by atoms with E-state index in [1.165, 1.54) is 0 Å². The lowest BCUT2D eigenvalue weighted by molar-refractivity contribution is 0.392. The average Bonchev–Trinajstić information content (AvgIpc) is 2.79. The summed E-state index contributed by atoms with van der Waals surface area (Å²) in [6, 6.07) is 19.2. The topological polar surface area (TPSA) is 82.4 Å². The van der Waals surface area contributed by atoms with Crippen LogP contribution in [0.25, 0.3) is 10.4 Å². The van der Waals surface area contributed by atoms with Gasteiger partial charge < -0.3 is 14.8 Å². The first-order chi connectivity index (χ1) is 14.5. The van der Waals surface area contributed by atoms with Gasteiger partial charge in [0.15, 0.2) is 0 Å². The third-order valence-corrected chi connectivity index (χ3v) is 5.17. The number of allylic oxidation sites excluding steroid dienone is 2. The Kier molecular flexibility index (Phi) is 5.77. The maximum Gasteiger partial charge on any atom is 0.285 e. The molecule has 3 rings (SSSR count). The van der Waals surface area contributed by atoms with E-state index < -0.39 is 5.54 Å². The number of nitriles is 2. The Balaban J connectivity index is 2.29. The summed E-state index contributed by atoms with van der Waals surface area (Å²) in [4.78, 5) is 3.35. The van der Waals surface area contributed by atoms with Gasteiger partial charge in [0.25, 0.3) is 5.70 Å². The summed E-state index contributed by atoms with van der Waals surface area (Å²) >= 11 is 0. The van der Waals surface area contributed by atoms with Crippen LogP contribution in [-0.2, 0) is 5.54 Å². The van der Waals surface area contributed by atoms with Gasteiger partial charge in [-0.25, -0.2) is 10.1 Å². The highest BCUT2D eigenvalue weighted by atomic mass is 16.5. The zero-order valence-corrected chi connectivity index (χ0v) is 17.0. The molecule has 6 heteroatoms. The third kappa shape index (κ3) is 3.70. The molecule has 2 aromatic rings. The minimum Gasteiger partial charge on any atom is -0.497 e. The van der Waals surface area contributed by atoms with E-state index in [2.05, 4.69) is 16.2 Å². The largest absolute Gasteiger partial charge is 0.497 e. The van der Waals surface area contributed by atoms with Crippen molar-refractivity contribution in [3.05, 3.63) is 88.0 Å². The van der Waals surface area contributed by atoms with Crippen molar-refractivity contribution in [1.82, 2.24) is 5.32 Å². The Morgan fingerprint density at radius 3 is 2.37 bits per heavy atom. The van der Waals surface area contributed by atoms with Crippen LogP contribution in [0.1, 0.15) is 24.5 Å². The van der Waals surface area contributed by atoms with E-state index in [0.717, 1.165) is 16.7 Å².